The number of aromatic nitrogens is 4. The van der Waals surface area contributed by atoms with Crippen LogP contribution in [0.3, 0.4) is 0 Å². The average Bonchev–Trinajstić information content (AvgIpc) is 2.04. The van der Waals surface area contributed by atoms with E-state index < -0.39 is 20.7 Å². The van der Waals surface area contributed by atoms with E-state index in [1.165, 1.54) is 0 Å². The summed E-state index contributed by atoms with van der Waals surface area (Å²) >= 11 is 2.27. The van der Waals surface area contributed by atoms with E-state index >= 15 is 0 Å². The Balaban J connectivity index is 0.968. The molecule has 3 aromatic heterocycles. The fraction of sp³-hybridized carbons (Fsp3) is 0.0909. The van der Waals surface area contributed by atoms with E-state index in [1.807, 2.05) is 137 Å². The van der Waals surface area contributed by atoms with E-state index in [0.717, 1.165) is 55.2 Å². The van der Waals surface area contributed by atoms with Crippen LogP contribution in [0.25, 0.3) is 77.6 Å². The minimum absolute atomic E-state index is 0.0835. The maximum absolute atomic E-state index is 9.92. The van der Waals surface area contributed by atoms with Crippen LogP contribution in [0, 0.1) is 29.6 Å². The number of anilines is 2. The number of pyridine rings is 1. The first-order chi connectivity index (χ1) is 39.7. The molecule has 0 saturated carbocycles. The third-order valence-corrected chi connectivity index (χ3v) is 14.9. The summed E-state index contributed by atoms with van der Waals surface area (Å²) in [6.07, 6.45) is 0. The van der Waals surface area contributed by atoms with Crippen molar-refractivity contribution in [3.05, 3.63) is 245 Å². The molecule has 0 amide bonds. The van der Waals surface area contributed by atoms with Crippen LogP contribution < -0.4 is 15.0 Å². The van der Waals surface area contributed by atoms with Gasteiger partial charge in [0.1, 0.15) is 0 Å². The van der Waals surface area contributed by atoms with Gasteiger partial charge in [-0.3, -0.25) is 0 Å². The molecule has 6 nitrogen and oxygen atoms in total. The van der Waals surface area contributed by atoms with Gasteiger partial charge in [-0.05, 0) is 23.9 Å². The fourth-order valence-electron chi connectivity index (χ4n) is 10.5. The molecule has 8 heteroatoms. The van der Waals surface area contributed by atoms with Gasteiger partial charge in [0, 0.05) is 9.63 Å². The molecule has 1 aliphatic rings. The van der Waals surface area contributed by atoms with Crippen molar-refractivity contribution in [1.29, 1.82) is 0 Å². The molecular formula is C66H50BN5OPt-2. The zero-order valence-electron chi connectivity index (χ0n) is 49.5. The number of ether oxygens (including phenoxy) is 1. The summed E-state index contributed by atoms with van der Waals surface area (Å²) in [6, 6.07) is 67.6. The van der Waals surface area contributed by atoms with Crippen LogP contribution in [0.15, 0.2) is 212 Å². The van der Waals surface area contributed by atoms with E-state index in [0.29, 0.717) is 60.4 Å². The third kappa shape index (κ3) is 7.77. The van der Waals surface area contributed by atoms with Crippen molar-refractivity contribution in [3.63, 3.8) is 0 Å². The number of fused-ring (bicyclic) bond motifs is 4. The Morgan fingerprint density at radius 1 is 0.622 bits per heavy atom. The Bertz CT molecular complexity index is 4640. The van der Waals surface area contributed by atoms with Crippen LogP contribution in [0.5, 0.6) is 11.6 Å². The van der Waals surface area contributed by atoms with Crippen LogP contribution in [0.1, 0.15) is 49.8 Å². The summed E-state index contributed by atoms with van der Waals surface area (Å²) in [4.78, 5) is 7.27. The standard InChI is InChI=1S/C66H50BN5O.Pt/c1-44-19-14-22-47(37-44)54-27-16-28-55(49-39-48(46-20-8-6-9-21-46)40-50(41-49)66(3,4)5)64(54)70-43-69(58-30-12-13-31-59(58)70)52-25-15-26-53(42-52)73-63-34-18-33-62(68-63)71-60-32-17-29-57-56-36-35-45(2)38-61(56)72(65(57)60)67(71)51-23-10-7-11-24-51;/h6-31,33-41H,1-5H3;/q-2;/i1D3,2D3,16D,27D,28D;. The molecule has 0 bridgehead atoms. The second-order valence-electron chi connectivity index (χ2n) is 19.6. The summed E-state index contributed by atoms with van der Waals surface area (Å²) < 4.78 is 92.9. The first kappa shape index (κ1) is 36.6. The second kappa shape index (κ2) is 18.0. The molecule has 0 aliphatic carbocycles. The number of rotatable bonds is 9. The van der Waals surface area contributed by atoms with Gasteiger partial charge in [-0.15, -0.1) is 5.39 Å². The Morgan fingerprint density at radius 2 is 1.32 bits per heavy atom. The normalized spacial score (nSPS) is 14.5. The van der Waals surface area contributed by atoms with Crippen molar-refractivity contribution in [1.82, 2.24) is 18.6 Å². The first-order valence-electron chi connectivity index (χ1n) is 28.9. The predicted molar refractivity (Wildman–Crippen MR) is 301 cm³/mol. The van der Waals surface area contributed by atoms with Crippen molar-refractivity contribution >= 4 is 56.8 Å². The SMILES string of the molecule is [2H]c1c([2H])c(-c2cccc(C([2H])([2H])[2H])c2)c(-n2[c](=[Pt])n(-c3[c-]c(Oc4cccc(N5B(c6ccccc6)n6c7cc(C([2H])([2H])[2H])ccc7c7cc[c-]c5c76)n4)ccc3)c3ccccc32)c(-c2cc(-c3ccccc3)cc(C(C)(C)C)c2)c1[2H]. The van der Waals surface area contributed by atoms with Crippen molar-refractivity contribution in [2.45, 2.75) is 39.9 Å². The molecule has 9 aromatic carbocycles. The van der Waals surface area contributed by atoms with E-state index in [1.54, 1.807) is 42.5 Å². The fourth-order valence-corrected chi connectivity index (χ4v) is 11.5. The number of nitrogens with zero attached hydrogens (tertiary/aromatic N) is 5. The Labute approximate surface area is 455 Å². The monoisotopic (exact) mass is 1140 g/mol. The summed E-state index contributed by atoms with van der Waals surface area (Å²) in [5.74, 6) is 1.24. The van der Waals surface area contributed by atoms with Gasteiger partial charge in [-0.2, -0.15) is 12.1 Å². The van der Waals surface area contributed by atoms with Crippen LogP contribution in [-0.2, 0) is 24.8 Å². The Kier molecular flexibility index (Phi) is 8.94. The van der Waals surface area contributed by atoms with Gasteiger partial charge in [-0.1, -0.05) is 42.5 Å². The summed E-state index contributed by atoms with van der Waals surface area (Å²) in [7, 11) is 0. The molecule has 0 saturated heterocycles. The third-order valence-electron chi connectivity index (χ3n) is 13.9. The van der Waals surface area contributed by atoms with Crippen molar-refractivity contribution in [3.8, 4) is 56.4 Å². The van der Waals surface area contributed by atoms with Gasteiger partial charge in [0.05, 0.1) is 0 Å². The quantitative estimate of drug-likeness (QED) is 0.107. The molecule has 0 N–H and O–H groups in total. The topological polar surface area (TPSA) is 40.1 Å². The van der Waals surface area contributed by atoms with Crippen molar-refractivity contribution in [2.75, 3.05) is 4.81 Å². The number of hydrogen-bond donors (Lipinski definition) is 0. The molecule has 74 heavy (non-hydrogen) atoms. The minimum atomic E-state index is -2.47. The molecule has 0 fully saturated rings. The predicted octanol–water partition coefficient (Wildman–Crippen LogP) is 15.7. The molecule has 12 aromatic rings. The summed E-state index contributed by atoms with van der Waals surface area (Å²) in [6.45, 7) is 1.19. The van der Waals surface area contributed by atoms with E-state index in [2.05, 4.69) is 85.8 Å². The number of benzene rings is 9. The zero-order chi connectivity index (χ0) is 57.9. The molecule has 13 rings (SSSR count). The average molecular weight is 1140 g/mol. The van der Waals surface area contributed by atoms with Gasteiger partial charge in [0.2, 0.25) is 0 Å². The van der Waals surface area contributed by atoms with E-state index in [9.17, 15) is 4.11 Å². The molecule has 0 unspecified atom stereocenters. The summed E-state index contributed by atoms with van der Waals surface area (Å²) in [5.41, 5.74) is 10.6. The van der Waals surface area contributed by atoms with Gasteiger partial charge in [-0.25, -0.2) is 0 Å². The molecular weight excluding hydrogens is 1080 g/mol. The molecule has 0 spiro atoms. The number of aryl methyl sites for hydroxylation is 2. The number of imidazole rings is 1. The van der Waals surface area contributed by atoms with Crippen molar-refractivity contribution < 1.29 is 36.4 Å². The Morgan fingerprint density at radius 3 is 2.12 bits per heavy atom. The zero-order valence-corrected chi connectivity index (χ0v) is 42.8. The van der Waals surface area contributed by atoms with Crippen LogP contribution in [-0.4, -0.2) is 25.6 Å². The van der Waals surface area contributed by atoms with E-state index in [4.69, 9.17) is 17.9 Å². The van der Waals surface area contributed by atoms with Gasteiger partial charge >= 0.3 is 364 Å². The van der Waals surface area contributed by atoms with Gasteiger partial charge in [0.15, 0.2) is 0 Å². The van der Waals surface area contributed by atoms with Crippen LogP contribution >= 0.6 is 0 Å². The van der Waals surface area contributed by atoms with E-state index in [-0.39, 0.29) is 34.7 Å². The molecule has 0 radical (unpaired) electrons. The first-order valence-corrected chi connectivity index (χ1v) is 25.5. The van der Waals surface area contributed by atoms with Gasteiger partial charge in [0.25, 0.3) is 0 Å². The molecule has 1 aliphatic heterocycles. The van der Waals surface area contributed by atoms with Crippen LogP contribution in [0.4, 0.5) is 11.5 Å². The number of hydrogen-bond acceptors (Lipinski definition) is 3. The second-order valence-corrected chi connectivity index (χ2v) is 20.6. The molecule has 4 heterocycles. The molecule has 0 atom stereocenters. The maximum atomic E-state index is 9.92. The summed E-state index contributed by atoms with van der Waals surface area (Å²) in [5, 5.41) is 1.91. The van der Waals surface area contributed by atoms with Crippen molar-refractivity contribution in [2.24, 2.45) is 0 Å². The number of para-hydroxylation sites is 3. The van der Waals surface area contributed by atoms with Gasteiger partial charge < -0.3 is 0 Å². The Hall–Kier alpha value is -8.25. The molecule has 360 valence electrons. The van der Waals surface area contributed by atoms with Crippen LogP contribution in [0.2, 0.25) is 0 Å².